The van der Waals surface area contributed by atoms with E-state index in [1.54, 1.807) is 24.3 Å². The third-order valence-corrected chi connectivity index (χ3v) is 7.64. The van der Waals surface area contributed by atoms with Gasteiger partial charge in [0.2, 0.25) is 0 Å². The molecule has 33 heavy (non-hydrogen) atoms. The van der Waals surface area contributed by atoms with Crippen LogP contribution in [0.2, 0.25) is 5.02 Å². The van der Waals surface area contributed by atoms with Gasteiger partial charge in [-0.25, -0.2) is 0 Å². The van der Waals surface area contributed by atoms with Crippen molar-refractivity contribution in [3.05, 3.63) is 81.8 Å². The molecule has 0 saturated carbocycles. The van der Waals surface area contributed by atoms with E-state index in [1.165, 1.54) is 24.3 Å². The van der Waals surface area contributed by atoms with Gasteiger partial charge in [0.05, 0.1) is 5.92 Å². The molecule has 1 heterocycles. The number of carbonyl (C=O) groups excluding carboxylic acids is 2. The Balaban J connectivity index is 1.68. The number of hydrogen-bond donors (Lipinski definition) is 0. The summed E-state index contributed by atoms with van der Waals surface area (Å²) in [7, 11) is -4.15. The van der Waals surface area contributed by atoms with Gasteiger partial charge in [0, 0.05) is 47.4 Å². The number of benzene rings is 2. The molecule has 1 aliphatic heterocycles. The minimum atomic E-state index is -4.15. The van der Waals surface area contributed by atoms with E-state index in [9.17, 15) is 18.0 Å². The van der Waals surface area contributed by atoms with Gasteiger partial charge in [0.25, 0.3) is 0 Å². The highest BCUT2D eigenvalue weighted by molar-refractivity contribution is 7.87. The summed E-state index contributed by atoms with van der Waals surface area (Å²) in [5.74, 6) is 0.156. The van der Waals surface area contributed by atoms with Crippen molar-refractivity contribution in [2.45, 2.75) is 49.3 Å². The molecule has 170 valence electrons. The summed E-state index contributed by atoms with van der Waals surface area (Å²) in [6, 6.07) is 12.4. The highest BCUT2D eigenvalue weighted by Crippen LogP contribution is 2.50. The van der Waals surface area contributed by atoms with Crippen LogP contribution in [-0.2, 0) is 24.4 Å². The average molecular weight is 485 g/mol. The first-order chi connectivity index (χ1) is 15.8. The van der Waals surface area contributed by atoms with Crippen molar-refractivity contribution in [2.24, 2.45) is 0 Å². The van der Waals surface area contributed by atoms with Crippen LogP contribution in [-0.4, -0.2) is 20.0 Å². The lowest BCUT2D eigenvalue weighted by Gasteiger charge is -2.36. The first-order valence-electron chi connectivity index (χ1n) is 10.8. The Bertz CT molecular complexity index is 1280. The predicted molar refractivity (Wildman–Crippen MR) is 121 cm³/mol. The monoisotopic (exact) mass is 484 g/mol. The minimum Gasteiger partial charge on any atom is -0.465 e. The maximum absolute atomic E-state index is 13.0. The summed E-state index contributed by atoms with van der Waals surface area (Å²) in [6.07, 6.45) is 3.19. The van der Waals surface area contributed by atoms with E-state index < -0.39 is 16.0 Å². The molecule has 2 aliphatic carbocycles. The van der Waals surface area contributed by atoms with E-state index in [2.05, 4.69) is 0 Å². The highest BCUT2D eigenvalue weighted by atomic mass is 35.5. The zero-order chi connectivity index (χ0) is 23.2. The van der Waals surface area contributed by atoms with Crippen molar-refractivity contribution < 1.29 is 26.9 Å². The zero-order valence-corrected chi connectivity index (χ0v) is 19.2. The number of carbonyl (C=O) groups is 2. The number of ketones is 2. The molecule has 8 heteroatoms. The Labute approximate surface area is 197 Å². The largest absolute Gasteiger partial charge is 0.465 e. The fourth-order valence-corrected chi connectivity index (χ4v) is 5.86. The summed E-state index contributed by atoms with van der Waals surface area (Å²) in [6.45, 7) is 0. The fourth-order valence-electron chi connectivity index (χ4n) is 4.70. The minimum absolute atomic E-state index is 0.000159. The lowest BCUT2D eigenvalue weighted by atomic mass is 9.73. The quantitative estimate of drug-likeness (QED) is 0.552. The second kappa shape index (κ2) is 8.47. The van der Waals surface area contributed by atoms with Crippen LogP contribution in [0.25, 0.3) is 0 Å². The number of Topliss-reactive ketones (excluding diaryl/α,β-unsaturated/α-hetero) is 2. The lowest BCUT2D eigenvalue weighted by molar-refractivity contribution is -0.117. The van der Waals surface area contributed by atoms with Crippen LogP contribution in [0.3, 0.4) is 0 Å². The number of halogens is 1. The number of hydrogen-bond acceptors (Lipinski definition) is 6. The molecule has 3 aliphatic rings. The highest BCUT2D eigenvalue weighted by Gasteiger charge is 2.43. The molecule has 0 radical (unpaired) electrons. The molecule has 5 rings (SSSR count). The summed E-state index contributed by atoms with van der Waals surface area (Å²) >= 11 is 6.31. The normalized spacial score (nSPS) is 19.2. The predicted octanol–water partition coefficient (Wildman–Crippen LogP) is 5.24. The zero-order valence-electron chi connectivity index (χ0n) is 17.7. The second-order valence-corrected chi connectivity index (χ2v) is 10.3. The molecule has 2 aromatic rings. The van der Waals surface area contributed by atoms with Crippen LogP contribution >= 0.6 is 11.6 Å². The van der Waals surface area contributed by atoms with E-state index in [-0.39, 0.29) is 22.2 Å². The molecule has 2 aromatic carbocycles. The fraction of sp³-hybridized carbons (Fsp3) is 0.280. The van der Waals surface area contributed by atoms with Gasteiger partial charge in [-0.3, -0.25) is 9.59 Å². The van der Waals surface area contributed by atoms with Gasteiger partial charge in [0.15, 0.2) is 11.6 Å². The van der Waals surface area contributed by atoms with E-state index in [0.29, 0.717) is 71.8 Å². The molecule has 0 amide bonds. The van der Waals surface area contributed by atoms with E-state index >= 15 is 0 Å². The maximum Gasteiger partial charge on any atom is 0.339 e. The summed E-state index contributed by atoms with van der Waals surface area (Å²) in [4.78, 5) is 26.1. The third-order valence-electron chi connectivity index (χ3n) is 6.15. The van der Waals surface area contributed by atoms with E-state index in [1.807, 2.05) is 0 Å². The van der Waals surface area contributed by atoms with Crippen molar-refractivity contribution >= 4 is 33.3 Å². The molecule has 6 nitrogen and oxygen atoms in total. The van der Waals surface area contributed by atoms with Crippen molar-refractivity contribution in [2.75, 3.05) is 0 Å². The van der Waals surface area contributed by atoms with Crippen LogP contribution in [0, 0.1) is 0 Å². The van der Waals surface area contributed by atoms with E-state index in [4.69, 9.17) is 20.5 Å². The Morgan fingerprint density at radius 3 is 2.06 bits per heavy atom. The van der Waals surface area contributed by atoms with Crippen molar-refractivity contribution in [1.29, 1.82) is 0 Å². The van der Waals surface area contributed by atoms with E-state index in [0.717, 1.165) is 0 Å². The molecular formula is C25H21ClO6S. The molecule has 0 bridgehead atoms. The van der Waals surface area contributed by atoms with Crippen LogP contribution in [0.1, 0.15) is 50.0 Å². The molecule has 0 N–H and O–H groups in total. The number of rotatable bonds is 4. The molecule has 0 aromatic heterocycles. The summed E-state index contributed by atoms with van der Waals surface area (Å²) in [5, 5.41) is 0.344. The van der Waals surface area contributed by atoms with Gasteiger partial charge in [-0.15, -0.1) is 0 Å². The second-order valence-electron chi connectivity index (χ2n) is 8.29. The lowest BCUT2D eigenvalue weighted by Crippen LogP contribution is -2.30. The SMILES string of the molecule is O=C1CCCC2=C1C(c1cc(Cl)ccc1OS(=O)(=O)c1ccccc1)C1=C(CCCC1=O)O2. The van der Waals surface area contributed by atoms with Gasteiger partial charge in [0.1, 0.15) is 22.2 Å². The Kier molecular flexibility index (Phi) is 5.62. The van der Waals surface area contributed by atoms with Crippen LogP contribution in [0.4, 0.5) is 0 Å². The maximum atomic E-state index is 13.0. The standard InChI is InChI=1S/C25H21ClO6S/c26-15-12-13-20(32-33(29,30)16-6-2-1-3-7-16)17(14-15)23-24-18(27)8-4-10-21(24)31-22-11-5-9-19(28)25(22)23/h1-3,6-7,12-14,23H,4-5,8-11H2. The first kappa shape index (κ1) is 21.9. The Morgan fingerprint density at radius 2 is 1.45 bits per heavy atom. The van der Waals surface area contributed by atoms with Gasteiger partial charge < -0.3 is 8.92 Å². The van der Waals surface area contributed by atoms with Crippen LogP contribution in [0.5, 0.6) is 5.75 Å². The molecule has 0 spiro atoms. The average Bonchev–Trinajstić information content (AvgIpc) is 2.80. The molecular weight excluding hydrogens is 464 g/mol. The van der Waals surface area contributed by atoms with Crippen molar-refractivity contribution in [1.82, 2.24) is 0 Å². The van der Waals surface area contributed by atoms with Gasteiger partial charge in [-0.05, 0) is 43.2 Å². The smallest absolute Gasteiger partial charge is 0.339 e. The summed E-state index contributed by atoms with van der Waals surface area (Å²) in [5.41, 5.74) is 1.18. The molecule has 0 fully saturated rings. The Hall–Kier alpha value is -2.90. The first-order valence-corrected chi connectivity index (χ1v) is 12.6. The third kappa shape index (κ3) is 4.00. The number of allylic oxidation sites excluding steroid dienone is 4. The van der Waals surface area contributed by atoms with Gasteiger partial charge in [-0.2, -0.15) is 8.42 Å². The molecule has 0 saturated heterocycles. The Morgan fingerprint density at radius 1 is 0.848 bits per heavy atom. The molecule has 0 unspecified atom stereocenters. The van der Waals surface area contributed by atoms with Gasteiger partial charge >= 0.3 is 10.1 Å². The number of ether oxygens (including phenoxy) is 1. The topological polar surface area (TPSA) is 86.7 Å². The van der Waals surface area contributed by atoms with Crippen molar-refractivity contribution in [3.63, 3.8) is 0 Å². The summed E-state index contributed by atoms with van der Waals surface area (Å²) < 4.78 is 37.6. The molecule has 0 atom stereocenters. The van der Waals surface area contributed by atoms with Crippen molar-refractivity contribution in [3.8, 4) is 5.75 Å². The van der Waals surface area contributed by atoms with Crippen LogP contribution in [0.15, 0.2) is 76.1 Å². The van der Waals surface area contributed by atoms with Gasteiger partial charge in [-0.1, -0.05) is 29.8 Å². The van der Waals surface area contributed by atoms with Crippen LogP contribution < -0.4 is 4.18 Å².